The molecule has 0 spiro atoms. The number of pyridine rings is 2. The number of nitrogens with one attached hydrogen (secondary N) is 3. The van der Waals surface area contributed by atoms with Crippen molar-refractivity contribution in [2.24, 2.45) is 0 Å². The average Bonchev–Trinajstić information content (AvgIpc) is 3.15. The molecule has 0 saturated carbocycles. The smallest absolute Gasteiger partial charge is 0.261 e. The Bertz CT molecular complexity index is 1190. The van der Waals surface area contributed by atoms with Crippen molar-refractivity contribution in [3.8, 4) is 17.1 Å². The number of aliphatic hydroxyl groups is 1. The van der Waals surface area contributed by atoms with Gasteiger partial charge in [0, 0.05) is 18.9 Å². The van der Waals surface area contributed by atoms with Gasteiger partial charge in [0.1, 0.15) is 17.1 Å². The molecule has 4 N–H and O–H groups in total. The number of aromatic amines is 2. The van der Waals surface area contributed by atoms with E-state index in [2.05, 4.69) is 41.2 Å². The van der Waals surface area contributed by atoms with Crippen molar-refractivity contribution in [1.29, 1.82) is 0 Å². The number of hydrogen-bond donors (Lipinski definition) is 4. The van der Waals surface area contributed by atoms with E-state index in [4.69, 9.17) is 4.74 Å². The average molecular weight is 456 g/mol. The van der Waals surface area contributed by atoms with E-state index in [1.165, 1.54) is 0 Å². The van der Waals surface area contributed by atoms with Crippen molar-refractivity contribution in [1.82, 2.24) is 19.9 Å². The van der Waals surface area contributed by atoms with Crippen molar-refractivity contribution in [2.45, 2.75) is 6.10 Å². The molecule has 0 amide bonds. The van der Waals surface area contributed by atoms with Gasteiger partial charge in [-0.05, 0) is 45.8 Å². The van der Waals surface area contributed by atoms with Crippen molar-refractivity contribution in [2.75, 3.05) is 19.0 Å². The molecule has 0 radical (unpaired) electrons. The summed E-state index contributed by atoms with van der Waals surface area (Å²) in [5, 5.41) is 13.7. The van der Waals surface area contributed by atoms with Crippen LogP contribution >= 0.6 is 15.9 Å². The predicted octanol–water partition coefficient (Wildman–Crippen LogP) is 3.23. The number of nitrogens with zero attached hydrogens (tertiary/aromatic N) is 2. The molecule has 9 heteroatoms. The van der Waals surface area contributed by atoms with Crippen LogP contribution in [-0.2, 0) is 0 Å². The maximum atomic E-state index is 12.5. The number of imidazole rings is 1. The van der Waals surface area contributed by atoms with Gasteiger partial charge in [0.15, 0.2) is 0 Å². The normalized spacial score (nSPS) is 12.1. The second kappa shape index (κ2) is 8.06. The number of ether oxygens (including phenoxy) is 1. The highest BCUT2D eigenvalue weighted by Crippen LogP contribution is 2.29. The number of aliphatic hydroxyl groups excluding tert-OH is 1. The molecular weight excluding hydrogens is 438 g/mol. The summed E-state index contributed by atoms with van der Waals surface area (Å²) in [7, 11) is 1.58. The third-order valence-electron chi connectivity index (χ3n) is 4.53. The quantitative estimate of drug-likeness (QED) is 0.354. The van der Waals surface area contributed by atoms with E-state index < -0.39 is 6.10 Å². The molecule has 0 saturated heterocycles. The van der Waals surface area contributed by atoms with Gasteiger partial charge in [0.05, 0.1) is 40.6 Å². The lowest BCUT2D eigenvalue weighted by Gasteiger charge is -2.16. The zero-order valence-electron chi connectivity index (χ0n) is 15.4. The van der Waals surface area contributed by atoms with Crippen LogP contribution < -0.4 is 15.6 Å². The number of H-pyrrole nitrogens is 2. The number of aromatic nitrogens is 4. The first-order valence-corrected chi connectivity index (χ1v) is 9.63. The van der Waals surface area contributed by atoms with E-state index in [0.717, 1.165) is 9.99 Å². The Morgan fingerprint density at radius 3 is 2.93 bits per heavy atom. The second-order valence-electron chi connectivity index (χ2n) is 6.36. The Kier molecular flexibility index (Phi) is 5.32. The third kappa shape index (κ3) is 3.87. The lowest BCUT2D eigenvalue weighted by molar-refractivity contribution is 0.191. The van der Waals surface area contributed by atoms with Gasteiger partial charge in [-0.1, -0.05) is 6.07 Å². The van der Waals surface area contributed by atoms with E-state index >= 15 is 0 Å². The molecule has 0 aliphatic heterocycles. The highest BCUT2D eigenvalue weighted by atomic mass is 79.9. The molecule has 0 fully saturated rings. The SMILES string of the molecule is COc1ccc(C(O)CNc2cc[nH]c(=O)c2-c2nc3ccncc3[nH]2)cc1Br. The number of halogens is 1. The molecule has 8 nitrogen and oxygen atoms in total. The highest BCUT2D eigenvalue weighted by molar-refractivity contribution is 9.10. The molecule has 3 heterocycles. The van der Waals surface area contributed by atoms with Crippen LogP contribution in [0.1, 0.15) is 11.7 Å². The van der Waals surface area contributed by atoms with Crippen molar-refractivity contribution >= 4 is 32.7 Å². The van der Waals surface area contributed by atoms with Crippen molar-refractivity contribution < 1.29 is 9.84 Å². The van der Waals surface area contributed by atoms with E-state index in [0.29, 0.717) is 33.9 Å². The van der Waals surface area contributed by atoms with Gasteiger partial charge in [-0.15, -0.1) is 0 Å². The number of anilines is 1. The summed E-state index contributed by atoms with van der Waals surface area (Å²) in [6.45, 7) is 0.205. The minimum absolute atomic E-state index is 0.205. The summed E-state index contributed by atoms with van der Waals surface area (Å²) < 4.78 is 5.97. The zero-order valence-corrected chi connectivity index (χ0v) is 17.0. The summed E-state index contributed by atoms with van der Waals surface area (Å²) in [5.41, 5.74) is 2.81. The highest BCUT2D eigenvalue weighted by Gasteiger charge is 2.16. The summed E-state index contributed by atoms with van der Waals surface area (Å²) in [4.78, 5) is 26.8. The van der Waals surface area contributed by atoms with Crippen molar-refractivity contribution in [3.05, 3.63) is 69.3 Å². The second-order valence-corrected chi connectivity index (χ2v) is 7.22. The van der Waals surface area contributed by atoms with Crippen LogP contribution in [0.5, 0.6) is 5.75 Å². The minimum atomic E-state index is -0.788. The topological polar surface area (TPSA) is 116 Å². The Balaban J connectivity index is 1.60. The number of fused-ring (bicyclic) bond motifs is 1. The van der Waals surface area contributed by atoms with E-state index in [1.807, 2.05) is 0 Å². The summed E-state index contributed by atoms with van der Waals surface area (Å²) in [6, 6.07) is 8.88. The molecule has 29 heavy (non-hydrogen) atoms. The van der Waals surface area contributed by atoms with Gasteiger partial charge in [0.2, 0.25) is 0 Å². The minimum Gasteiger partial charge on any atom is -0.496 e. The molecule has 0 aliphatic carbocycles. The number of methoxy groups -OCH3 is 1. The fraction of sp³-hybridized carbons (Fsp3) is 0.150. The molecule has 1 aromatic carbocycles. The van der Waals surface area contributed by atoms with Crippen LogP contribution in [0, 0.1) is 0 Å². The zero-order chi connectivity index (χ0) is 20.4. The van der Waals surface area contributed by atoms with Gasteiger partial charge < -0.3 is 25.1 Å². The van der Waals surface area contributed by atoms with Gasteiger partial charge in [-0.3, -0.25) is 9.78 Å². The Morgan fingerprint density at radius 2 is 2.17 bits per heavy atom. The van der Waals surface area contributed by atoms with Crippen LogP contribution in [0.4, 0.5) is 5.69 Å². The van der Waals surface area contributed by atoms with Crippen LogP contribution in [0.3, 0.4) is 0 Å². The van der Waals surface area contributed by atoms with Crippen LogP contribution in [0.15, 0.2) is 58.2 Å². The number of hydrogen-bond acceptors (Lipinski definition) is 6. The number of rotatable bonds is 6. The Morgan fingerprint density at radius 1 is 1.31 bits per heavy atom. The first-order valence-electron chi connectivity index (χ1n) is 8.84. The Hall–Kier alpha value is -3.17. The molecular formula is C20H18BrN5O3. The van der Waals surface area contributed by atoms with Gasteiger partial charge in [0.25, 0.3) is 5.56 Å². The lowest BCUT2D eigenvalue weighted by atomic mass is 10.1. The van der Waals surface area contributed by atoms with Crippen LogP contribution in [0.2, 0.25) is 0 Å². The lowest BCUT2D eigenvalue weighted by Crippen LogP contribution is -2.17. The van der Waals surface area contributed by atoms with E-state index in [-0.39, 0.29) is 12.1 Å². The molecule has 0 aliphatic rings. The van der Waals surface area contributed by atoms with E-state index in [1.54, 1.807) is 56.0 Å². The molecule has 3 aromatic heterocycles. The molecule has 4 rings (SSSR count). The molecule has 148 valence electrons. The third-order valence-corrected chi connectivity index (χ3v) is 5.15. The fourth-order valence-corrected chi connectivity index (χ4v) is 3.61. The first-order chi connectivity index (χ1) is 14.1. The molecule has 0 bridgehead atoms. The van der Waals surface area contributed by atoms with Gasteiger partial charge >= 0.3 is 0 Å². The monoisotopic (exact) mass is 455 g/mol. The fourth-order valence-electron chi connectivity index (χ4n) is 3.05. The standard InChI is InChI=1S/C20H18BrN5O3/c1-29-17-3-2-11(8-12(17)21)16(27)10-24-14-5-7-23-20(28)18(14)19-25-13-4-6-22-9-15(13)26-19/h2-9,16,27H,10H2,1H3,(H,25,26)(H2,23,24,28). The summed E-state index contributed by atoms with van der Waals surface area (Å²) in [5.74, 6) is 1.11. The van der Waals surface area contributed by atoms with Gasteiger partial charge in [-0.2, -0.15) is 0 Å². The maximum Gasteiger partial charge on any atom is 0.261 e. The molecule has 4 aromatic rings. The largest absolute Gasteiger partial charge is 0.496 e. The molecule has 1 atom stereocenters. The van der Waals surface area contributed by atoms with Gasteiger partial charge in [-0.25, -0.2) is 4.98 Å². The summed E-state index contributed by atoms with van der Waals surface area (Å²) >= 11 is 3.42. The summed E-state index contributed by atoms with van der Waals surface area (Å²) in [6.07, 6.45) is 4.06. The first kappa shape index (κ1) is 19.2. The predicted molar refractivity (Wildman–Crippen MR) is 114 cm³/mol. The Labute approximate surface area is 174 Å². The maximum absolute atomic E-state index is 12.5. The number of benzene rings is 1. The van der Waals surface area contributed by atoms with E-state index in [9.17, 15) is 9.90 Å². The van der Waals surface area contributed by atoms with Crippen LogP contribution in [-0.4, -0.2) is 38.7 Å². The van der Waals surface area contributed by atoms with Crippen LogP contribution in [0.25, 0.3) is 22.4 Å². The van der Waals surface area contributed by atoms with Crippen molar-refractivity contribution in [3.63, 3.8) is 0 Å². The molecule has 1 unspecified atom stereocenters.